The number of likely N-dealkylation sites (tertiary alicyclic amines) is 1. The van der Waals surface area contributed by atoms with Gasteiger partial charge in [0.1, 0.15) is 0 Å². The lowest BCUT2D eigenvalue weighted by Gasteiger charge is -2.33. The van der Waals surface area contributed by atoms with E-state index in [1.165, 1.54) is 0 Å². The summed E-state index contributed by atoms with van der Waals surface area (Å²) in [5.41, 5.74) is 2.61. The van der Waals surface area contributed by atoms with Crippen LogP contribution in [0, 0.1) is 0 Å². The van der Waals surface area contributed by atoms with Crippen LogP contribution >= 0.6 is 0 Å². The first kappa shape index (κ1) is 19.8. The van der Waals surface area contributed by atoms with Gasteiger partial charge in [-0.25, -0.2) is 0 Å². The maximum absolute atomic E-state index is 13.3. The molecule has 0 saturated carbocycles. The number of nitrogens with zero attached hydrogens (tertiary/aromatic N) is 2. The molecular formula is C25H25N3O2. The van der Waals surface area contributed by atoms with Crippen molar-refractivity contribution >= 4 is 11.8 Å². The molecule has 30 heavy (non-hydrogen) atoms. The van der Waals surface area contributed by atoms with Gasteiger partial charge in [0.05, 0.1) is 5.92 Å². The highest BCUT2D eigenvalue weighted by Gasteiger charge is 2.28. The molecule has 1 aromatic heterocycles. The van der Waals surface area contributed by atoms with Crippen LogP contribution in [0.15, 0.2) is 85.2 Å². The summed E-state index contributed by atoms with van der Waals surface area (Å²) in [4.78, 5) is 31.7. The zero-order valence-electron chi connectivity index (χ0n) is 16.8. The van der Waals surface area contributed by atoms with E-state index in [1.54, 1.807) is 24.5 Å². The van der Waals surface area contributed by atoms with E-state index >= 15 is 0 Å². The molecule has 1 fully saturated rings. The van der Waals surface area contributed by atoms with Gasteiger partial charge in [0.25, 0.3) is 5.91 Å². The fourth-order valence-electron chi connectivity index (χ4n) is 3.97. The lowest BCUT2D eigenvalue weighted by atomic mass is 9.90. The molecule has 0 spiro atoms. The molecule has 0 radical (unpaired) electrons. The second-order valence-corrected chi connectivity index (χ2v) is 7.57. The van der Waals surface area contributed by atoms with Crippen molar-refractivity contribution in [2.24, 2.45) is 0 Å². The number of aromatic nitrogens is 1. The molecule has 2 heterocycles. The standard InChI is InChI=1S/C25H25N3O2/c29-24(23(19-7-3-1-4-8-19)20-9-5-2-6-10-20)27-22-13-17-28(18-14-22)25(30)21-11-15-26-16-12-21/h1-12,15-16,22-23H,13-14,17-18H2,(H,27,29). The van der Waals surface area contributed by atoms with Crippen molar-refractivity contribution in [3.8, 4) is 0 Å². The van der Waals surface area contributed by atoms with Gasteiger partial charge in [0.2, 0.25) is 5.91 Å². The second kappa shape index (κ2) is 9.35. The molecule has 2 amide bonds. The average Bonchev–Trinajstić information content (AvgIpc) is 2.81. The summed E-state index contributed by atoms with van der Waals surface area (Å²) in [6.07, 6.45) is 4.76. The molecule has 0 aliphatic carbocycles. The van der Waals surface area contributed by atoms with Crippen molar-refractivity contribution in [1.29, 1.82) is 0 Å². The summed E-state index contributed by atoms with van der Waals surface area (Å²) < 4.78 is 0. The topological polar surface area (TPSA) is 62.3 Å². The first-order valence-electron chi connectivity index (χ1n) is 10.3. The number of amides is 2. The predicted octanol–water partition coefficient (Wildman–Crippen LogP) is 3.63. The number of benzene rings is 2. The Balaban J connectivity index is 1.41. The quantitative estimate of drug-likeness (QED) is 0.713. The van der Waals surface area contributed by atoms with Crippen molar-refractivity contribution in [3.05, 3.63) is 102 Å². The van der Waals surface area contributed by atoms with Gasteiger partial charge in [0, 0.05) is 37.1 Å². The minimum Gasteiger partial charge on any atom is -0.352 e. The number of pyridine rings is 1. The number of rotatable bonds is 5. The fraction of sp³-hybridized carbons (Fsp3) is 0.240. The van der Waals surface area contributed by atoms with E-state index < -0.39 is 0 Å². The van der Waals surface area contributed by atoms with E-state index in [9.17, 15) is 9.59 Å². The van der Waals surface area contributed by atoms with Crippen LogP contribution in [0.3, 0.4) is 0 Å². The summed E-state index contributed by atoms with van der Waals surface area (Å²) in [5, 5.41) is 3.23. The minimum atomic E-state index is -0.344. The Kier molecular flexibility index (Phi) is 6.18. The third kappa shape index (κ3) is 4.57. The minimum absolute atomic E-state index is 0.00584. The predicted molar refractivity (Wildman–Crippen MR) is 116 cm³/mol. The summed E-state index contributed by atoms with van der Waals surface area (Å²) in [6, 6.07) is 23.3. The molecule has 5 nitrogen and oxygen atoms in total. The van der Waals surface area contributed by atoms with E-state index in [1.807, 2.05) is 65.6 Å². The Hall–Kier alpha value is -3.47. The monoisotopic (exact) mass is 399 g/mol. The van der Waals surface area contributed by atoms with Crippen molar-refractivity contribution in [3.63, 3.8) is 0 Å². The van der Waals surface area contributed by atoms with Crippen molar-refractivity contribution in [1.82, 2.24) is 15.2 Å². The van der Waals surface area contributed by atoms with Crippen LogP contribution in [0.2, 0.25) is 0 Å². The Labute approximate surface area is 176 Å². The molecule has 0 atom stereocenters. The van der Waals surface area contributed by atoms with Crippen LogP contribution in [0.5, 0.6) is 0 Å². The smallest absolute Gasteiger partial charge is 0.253 e. The van der Waals surface area contributed by atoms with Crippen molar-refractivity contribution in [2.45, 2.75) is 24.8 Å². The number of carbonyl (C=O) groups excluding carboxylic acids is 2. The molecule has 5 heteroatoms. The van der Waals surface area contributed by atoms with E-state index in [2.05, 4.69) is 10.3 Å². The Morgan fingerprint density at radius 3 is 1.90 bits per heavy atom. The molecule has 3 aromatic rings. The molecule has 152 valence electrons. The fourth-order valence-corrected chi connectivity index (χ4v) is 3.97. The molecule has 1 N–H and O–H groups in total. The first-order chi connectivity index (χ1) is 14.7. The normalized spacial score (nSPS) is 14.5. The van der Waals surface area contributed by atoms with Crippen molar-refractivity contribution < 1.29 is 9.59 Å². The van der Waals surface area contributed by atoms with Crippen LogP contribution in [0.4, 0.5) is 0 Å². The summed E-state index contributed by atoms with van der Waals surface area (Å²) in [6.45, 7) is 1.26. The largest absolute Gasteiger partial charge is 0.352 e. The maximum Gasteiger partial charge on any atom is 0.253 e. The molecular weight excluding hydrogens is 374 g/mol. The Morgan fingerprint density at radius 1 is 0.833 bits per heavy atom. The van der Waals surface area contributed by atoms with Gasteiger partial charge in [0.15, 0.2) is 0 Å². The van der Waals surface area contributed by atoms with Gasteiger partial charge in [-0.3, -0.25) is 14.6 Å². The van der Waals surface area contributed by atoms with Crippen LogP contribution in [-0.4, -0.2) is 40.8 Å². The highest BCUT2D eigenvalue weighted by molar-refractivity contribution is 5.94. The van der Waals surface area contributed by atoms with Crippen LogP contribution in [0.25, 0.3) is 0 Å². The SMILES string of the molecule is O=C(NC1CCN(C(=O)c2ccncc2)CC1)C(c1ccccc1)c1ccccc1. The number of hydrogen-bond acceptors (Lipinski definition) is 3. The highest BCUT2D eigenvalue weighted by Crippen LogP contribution is 2.25. The average molecular weight is 399 g/mol. The maximum atomic E-state index is 13.3. The molecule has 0 unspecified atom stereocenters. The number of nitrogens with one attached hydrogen (secondary N) is 1. The third-order valence-electron chi connectivity index (χ3n) is 5.58. The van der Waals surface area contributed by atoms with E-state index in [0.717, 1.165) is 24.0 Å². The van der Waals surface area contributed by atoms with Gasteiger partial charge in [-0.05, 0) is 36.1 Å². The Morgan fingerprint density at radius 2 is 1.37 bits per heavy atom. The molecule has 1 saturated heterocycles. The van der Waals surface area contributed by atoms with Crippen LogP contribution in [0.1, 0.15) is 40.2 Å². The summed E-state index contributed by atoms with van der Waals surface area (Å²) >= 11 is 0. The van der Waals surface area contributed by atoms with Gasteiger partial charge in [-0.1, -0.05) is 60.7 Å². The van der Waals surface area contributed by atoms with Crippen LogP contribution in [-0.2, 0) is 4.79 Å². The molecule has 4 rings (SSSR count). The zero-order valence-corrected chi connectivity index (χ0v) is 16.8. The lowest BCUT2D eigenvalue weighted by molar-refractivity contribution is -0.122. The summed E-state index contributed by atoms with van der Waals surface area (Å²) in [5.74, 6) is -0.316. The molecule has 1 aliphatic rings. The van der Waals surface area contributed by atoms with Crippen molar-refractivity contribution in [2.75, 3.05) is 13.1 Å². The lowest BCUT2D eigenvalue weighted by Crippen LogP contribution is -2.47. The number of piperidine rings is 1. The van der Waals surface area contributed by atoms with E-state index in [-0.39, 0.29) is 23.8 Å². The van der Waals surface area contributed by atoms with Gasteiger partial charge >= 0.3 is 0 Å². The first-order valence-corrected chi connectivity index (χ1v) is 10.3. The Bertz CT molecular complexity index is 930. The molecule has 0 bridgehead atoms. The third-order valence-corrected chi connectivity index (χ3v) is 5.58. The van der Waals surface area contributed by atoms with Crippen LogP contribution < -0.4 is 5.32 Å². The number of carbonyl (C=O) groups is 2. The van der Waals surface area contributed by atoms with E-state index in [4.69, 9.17) is 0 Å². The number of hydrogen-bond donors (Lipinski definition) is 1. The van der Waals surface area contributed by atoms with Gasteiger partial charge in [-0.15, -0.1) is 0 Å². The highest BCUT2D eigenvalue weighted by atomic mass is 16.2. The second-order valence-electron chi connectivity index (χ2n) is 7.57. The van der Waals surface area contributed by atoms with Gasteiger partial charge < -0.3 is 10.2 Å². The molecule has 2 aromatic carbocycles. The molecule has 1 aliphatic heterocycles. The zero-order chi connectivity index (χ0) is 20.8. The summed E-state index contributed by atoms with van der Waals surface area (Å²) in [7, 11) is 0. The van der Waals surface area contributed by atoms with Gasteiger partial charge in [-0.2, -0.15) is 0 Å². The van der Waals surface area contributed by atoms with E-state index in [0.29, 0.717) is 18.7 Å².